The van der Waals surface area contributed by atoms with Crippen LogP contribution in [-0.4, -0.2) is 22.2 Å². The SMILES string of the molecule is COc1cn(CC(=O)Nc2cccc3c2ccn3Cc2ccccc2)c(C)cc1=O. The molecular formula is C24H23N3O3. The van der Waals surface area contributed by atoms with Crippen LogP contribution >= 0.6 is 0 Å². The number of methoxy groups -OCH3 is 1. The van der Waals surface area contributed by atoms with Gasteiger partial charge in [-0.2, -0.15) is 0 Å². The topological polar surface area (TPSA) is 65.3 Å². The number of ether oxygens (including phenoxy) is 1. The monoisotopic (exact) mass is 401 g/mol. The Morgan fingerprint density at radius 3 is 2.60 bits per heavy atom. The number of anilines is 1. The van der Waals surface area contributed by atoms with Gasteiger partial charge in [-0.15, -0.1) is 0 Å². The predicted molar refractivity (Wildman–Crippen MR) is 118 cm³/mol. The first-order valence-electron chi connectivity index (χ1n) is 9.72. The zero-order valence-electron chi connectivity index (χ0n) is 17.0. The minimum atomic E-state index is -0.198. The summed E-state index contributed by atoms with van der Waals surface area (Å²) in [7, 11) is 1.44. The van der Waals surface area contributed by atoms with Gasteiger partial charge in [0.15, 0.2) is 5.75 Å². The van der Waals surface area contributed by atoms with Crippen LogP contribution in [0.4, 0.5) is 5.69 Å². The molecule has 2 aromatic carbocycles. The van der Waals surface area contributed by atoms with E-state index in [1.54, 1.807) is 17.7 Å². The molecule has 0 radical (unpaired) electrons. The third-order valence-corrected chi connectivity index (χ3v) is 5.13. The molecular weight excluding hydrogens is 378 g/mol. The van der Waals surface area contributed by atoms with Crippen molar-refractivity contribution in [2.75, 3.05) is 12.4 Å². The van der Waals surface area contributed by atoms with Gasteiger partial charge in [0, 0.05) is 29.9 Å². The van der Waals surface area contributed by atoms with Crippen molar-refractivity contribution < 1.29 is 9.53 Å². The number of benzene rings is 2. The average Bonchev–Trinajstić information content (AvgIpc) is 3.14. The summed E-state index contributed by atoms with van der Waals surface area (Å²) in [5.41, 5.74) is 3.53. The van der Waals surface area contributed by atoms with Crippen LogP contribution < -0.4 is 15.5 Å². The molecule has 0 atom stereocenters. The van der Waals surface area contributed by atoms with E-state index >= 15 is 0 Å². The normalized spacial score (nSPS) is 10.9. The quantitative estimate of drug-likeness (QED) is 0.534. The third-order valence-electron chi connectivity index (χ3n) is 5.13. The summed E-state index contributed by atoms with van der Waals surface area (Å²) >= 11 is 0. The molecule has 0 spiro atoms. The molecule has 2 heterocycles. The molecule has 6 heteroatoms. The Morgan fingerprint density at radius 2 is 1.83 bits per heavy atom. The van der Waals surface area contributed by atoms with Crippen LogP contribution in [0.15, 0.2) is 77.9 Å². The summed E-state index contributed by atoms with van der Waals surface area (Å²) in [4.78, 5) is 24.5. The van der Waals surface area contributed by atoms with E-state index in [-0.39, 0.29) is 23.6 Å². The number of nitrogens with zero attached hydrogens (tertiary/aromatic N) is 2. The maximum Gasteiger partial charge on any atom is 0.244 e. The van der Waals surface area contributed by atoms with Crippen molar-refractivity contribution in [2.45, 2.75) is 20.0 Å². The van der Waals surface area contributed by atoms with E-state index in [1.807, 2.05) is 48.7 Å². The van der Waals surface area contributed by atoms with Crippen LogP contribution in [-0.2, 0) is 17.9 Å². The van der Waals surface area contributed by atoms with E-state index in [0.717, 1.165) is 23.1 Å². The molecule has 0 fully saturated rings. The number of aromatic nitrogens is 2. The summed E-state index contributed by atoms with van der Waals surface area (Å²) < 4.78 is 8.95. The predicted octanol–water partition coefficient (Wildman–Crippen LogP) is 3.81. The van der Waals surface area contributed by atoms with Crippen molar-refractivity contribution >= 4 is 22.5 Å². The summed E-state index contributed by atoms with van der Waals surface area (Å²) in [5, 5.41) is 3.98. The number of rotatable bonds is 6. The number of nitrogens with one attached hydrogen (secondary N) is 1. The lowest BCUT2D eigenvalue weighted by Gasteiger charge is -2.13. The maximum absolute atomic E-state index is 12.7. The van der Waals surface area contributed by atoms with Crippen LogP contribution in [0.25, 0.3) is 10.9 Å². The number of amides is 1. The van der Waals surface area contributed by atoms with Gasteiger partial charge in [-0.25, -0.2) is 0 Å². The van der Waals surface area contributed by atoms with E-state index in [0.29, 0.717) is 5.69 Å². The van der Waals surface area contributed by atoms with Crippen LogP contribution in [0.1, 0.15) is 11.3 Å². The fourth-order valence-electron chi connectivity index (χ4n) is 3.57. The van der Waals surface area contributed by atoms with Gasteiger partial charge < -0.3 is 19.2 Å². The minimum Gasteiger partial charge on any atom is -0.491 e. The smallest absolute Gasteiger partial charge is 0.244 e. The number of aryl methyl sites for hydroxylation is 1. The second kappa shape index (κ2) is 8.29. The largest absolute Gasteiger partial charge is 0.491 e. The number of hydrogen-bond donors (Lipinski definition) is 1. The minimum absolute atomic E-state index is 0.0869. The fourth-order valence-corrected chi connectivity index (χ4v) is 3.57. The number of pyridine rings is 1. The molecule has 4 rings (SSSR count). The molecule has 0 aliphatic heterocycles. The molecule has 1 N–H and O–H groups in total. The Labute approximate surface area is 174 Å². The number of carbonyl (C=O) groups is 1. The summed E-state index contributed by atoms with van der Waals surface area (Å²) in [6.45, 7) is 2.64. The van der Waals surface area contributed by atoms with Gasteiger partial charge in [-0.05, 0) is 30.7 Å². The third kappa shape index (κ3) is 3.98. The van der Waals surface area contributed by atoms with Gasteiger partial charge in [-0.1, -0.05) is 36.4 Å². The Kier molecular flexibility index (Phi) is 5.39. The van der Waals surface area contributed by atoms with Crippen molar-refractivity contribution in [2.24, 2.45) is 0 Å². The molecule has 0 unspecified atom stereocenters. The molecule has 0 bridgehead atoms. The Bertz CT molecular complexity index is 1260. The van der Waals surface area contributed by atoms with Crippen molar-refractivity contribution in [3.63, 3.8) is 0 Å². The second-order valence-electron chi connectivity index (χ2n) is 7.19. The Hall–Kier alpha value is -3.80. The fraction of sp³-hybridized carbons (Fsp3) is 0.167. The lowest BCUT2D eigenvalue weighted by Crippen LogP contribution is -2.22. The first-order chi connectivity index (χ1) is 14.5. The van der Waals surface area contributed by atoms with Crippen molar-refractivity contribution in [3.05, 3.63) is 94.5 Å². The number of carbonyl (C=O) groups excluding carboxylic acids is 1. The standard InChI is InChI=1S/C24H23N3O3/c1-17-13-22(28)23(30-2)15-27(17)16-24(29)25-20-9-6-10-21-19(20)11-12-26(21)14-18-7-4-3-5-8-18/h3-13,15H,14,16H2,1-2H3,(H,25,29). The highest BCUT2D eigenvalue weighted by atomic mass is 16.5. The Morgan fingerprint density at radius 1 is 1.03 bits per heavy atom. The van der Waals surface area contributed by atoms with Gasteiger partial charge in [0.25, 0.3) is 0 Å². The molecule has 0 aliphatic rings. The van der Waals surface area contributed by atoms with Gasteiger partial charge in [0.1, 0.15) is 6.54 Å². The molecule has 30 heavy (non-hydrogen) atoms. The van der Waals surface area contributed by atoms with Gasteiger partial charge in [0.05, 0.1) is 24.5 Å². The molecule has 2 aromatic heterocycles. The summed E-state index contributed by atoms with van der Waals surface area (Å²) in [6, 6.07) is 19.6. The second-order valence-corrected chi connectivity index (χ2v) is 7.19. The van der Waals surface area contributed by atoms with Crippen molar-refractivity contribution in [1.29, 1.82) is 0 Å². The molecule has 6 nitrogen and oxygen atoms in total. The molecule has 1 amide bonds. The number of fused-ring (bicyclic) bond motifs is 1. The zero-order valence-corrected chi connectivity index (χ0v) is 17.0. The Balaban J connectivity index is 1.56. The van der Waals surface area contributed by atoms with Crippen LogP contribution in [0, 0.1) is 6.92 Å². The van der Waals surface area contributed by atoms with Crippen molar-refractivity contribution in [3.8, 4) is 5.75 Å². The van der Waals surface area contributed by atoms with Crippen LogP contribution in [0.2, 0.25) is 0 Å². The van der Waals surface area contributed by atoms with Crippen LogP contribution in [0.5, 0.6) is 5.75 Å². The highest BCUT2D eigenvalue weighted by Crippen LogP contribution is 2.25. The molecule has 4 aromatic rings. The lowest BCUT2D eigenvalue weighted by molar-refractivity contribution is -0.116. The maximum atomic E-state index is 12.7. The van der Waals surface area contributed by atoms with Gasteiger partial charge in [-0.3, -0.25) is 9.59 Å². The highest BCUT2D eigenvalue weighted by molar-refractivity contribution is 6.01. The zero-order chi connectivity index (χ0) is 21.1. The lowest BCUT2D eigenvalue weighted by atomic mass is 10.2. The first kappa shape index (κ1) is 19.5. The van der Waals surface area contributed by atoms with E-state index in [4.69, 9.17) is 4.74 Å². The van der Waals surface area contributed by atoms with Gasteiger partial charge >= 0.3 is 0 Å². The molecule has 152 valence electrons. The van der Waals surface area contributed by atoms with Crippen molar-refractivity contribution in [1.82, 2.24) is 9.13 Å². The molecule has 0 aliphatic carbocycles. The summed E-state index contributed by atoms with van der Waals surface area (Å²) in [6.07, 6.45) is 3.60. The van der Waals surface area contributed by atoms with E-state index in [2.05, 4.69) is 22.0 Å². The van der Waals surface area contributed by atoms with E-state index in [9.17, 15) is 9.59 Å². The van der Waals surface area contributed by atoms with Crippen LogP contribution in [0.3, 0.4) is 0 Å². The average molecular weight is 401 g/mol. The summed E-state index contributed by atoms with van der Waals surface area (Å²) in [5.74, 6) is 0.0422. The molecule has 0 saturated heterocycles. The van der Waals surface area contributed by atoms with Gasteiger partial charge in [0.2, 0.25) is 11.3 Å². The molecule has 0 saturated carbocycles. The van der Waals surface area contributed by atoms with E-state index < -0.39 is 0 Å². The first-order valence-corrected chi connectivity index (χ1v) is 9.72. The van der Waals surface area contributed by atoms with E-state index in [1.165, 1.54) is 18.7 Å². The highest BCUT2D eigenvalue weighted by Gasteiger charge is 2.11. The number of hydrogen-bond acceptors (Lipinski definition) is 3.